The predicted molar refractivity (Wildman–Crippen MR) is 53.8 cm³/mol. The molecule has 5 nitrogen and oxygen atoms in total. The molecule has 13 heavy (non-hydrogen) atoms. The summed E-state index contributed by atoms with van der Waals surface area (Å²) in [5, 5.41) is 6.26. The number of aryl methyl sites for hydroxylation is 1. The van der Waals surface area contributed by atoms with Crippen LogP contribution < -0.4 is 11.1 Å². The van der Waals surface area contributed by atoms with Crippen molar-refractivity contribution >= 4 is 34.6 Å². The molecule has 0 saturated heterocycles. The summed E-state index contributed by atoms with van der Waals surface area (Å²) in [7, 11) is 0. The highest BCUT2D eigenvalue weighted by molar-refractivity contribution is 7.80. The zero-order chi connectivity index (χ0) is 9.84. The lowest BCUT2D eigenvalue weighted by molar-refractivity contribution is 0.0962. The van der Waals surface area contributed by atoms with Gasteiger partial charge in [0.05, 0.1) is 17.2 Å². The molecule has 1 amide bonds. The van der Waals surface area contributed by atoms with Crippen molar-refractivity contribution in [2.75, 3.05) is 6.54 Å². The van der Waals surface area contributed by atoms with E-state index in [-0.39, 0.29) is 17.4 Å². The molecule has 0 aromatic carbocycles. The lowest BCUT2D eigenvalue weighted by atomic mass is 10.4. The van der Waals surface area contributed by atoms with Crippen LogP contribution in [0.1, 0.15) is 15.4 Å². The summed E-state index contributed by atoms with van der Waals surface area (Å²) in [4.78, 5) is 12.1. The van der Waals surface area contributed by atoms with E-state index in [9.17, 15) is 4.79 Å². The van der Waals surface area contributed by atoms with Gasteiger partial charge in [-0.25, -0.2) is 0 Å². The number of nitrogens with zero attached hydrogens (tertiary/aromatic N) is 2. The first-order valence-corrected chi connectivity index (χ1v) is 4.65. The average molecular weight is 216 g/mol. The van der Waals surface area contributed by atoms with Crippen LogP contribution in [-0.4, -0.2) is 27.0 Å². The Hall–Kier alpha value is -1.08. The number of carbonyl (C=O) groups excluding carboxylic acids is 1. The molecule has 0 atom stereocenters. The van der Waals surface area contributed by atoms with Crippen molar-refractivity contribution in [3.8, 4) is 0 Å². The zero-order valence-electron chi connectivity index (χ0n) is 6.90. The maximum absolute atomic E-state index is 11.3. The van der Waals surface area contributed by atoms with Crippen LogP contribution in [0.4, 0.5) is 0 Å². The molecule has 0 aliphatic carbocycles. The summed E-state index contributed by atoms with van der Waals surface area (Å²) in [5.41, 5.74) is 5.84. The number of amides is 1. The van der Waals surface area contributed by atoms with Crippen molar-refractivity contribution in [1.29, 1.82) is 0 Å². The smallest absolute Gasteiger partial charge is 0.265 e. The summed E-state index contributed by atoms with van der Waals surface area (Å²) in [6.45, 7) is 1.92. The first kappa shape index (κ1) is 10.0. The van der Waals surface area contributed by atoms with Crippen molar-refractivity contribution in [3.05, 3.63) is 10.6 Å². The molecule has 1 aromatic rings. The number of rotatable bonds is 3. The number of hydrogen-bond donors (Lipinski definition) is 2. The number of thiocarbonyl (C=S) groups is 1. The fourth-order valence-electron chi connectivity index (χ4n) is 0.687. The maximum atomic E-state index is 11.3. The van der Waals surface area contributed by atoms with Gasteiger partial charge in [0.15, 0.2) is 0 Å². The summed E-state index contributed by atoms with van der Waals surface area (Å²) in [6.07, 6.45) is 0. The molecule has 7 heteroatoms. The van der Waals surface area contributed by atoms with Crippen LogP contribution in [0.15, 0.2) is 0 Å². The third kappa shape index (κ3) is 2.71. The maximum Gasteiger partial charge on any atom is 0.265 e. The highest BCUT2D eigenvalue weighted by atomic mass is 32.1. The Morgan fingerprint density at radius 1 is 1.77 bits per heavy atom. The molecule has 0 saturated carbocycles. The molecule has 1 aromatic heterocycles. The van der Waals surface area contributed by atoms with Crippen LogP contribution in [0.25, 0.3) is 0 Å². The summed E-state index contributed by atoms with van der Waals surface area (Å²) in [5.74, 6) is -0.236. The van der Waals surface area contributed by atoms with Gasteiger partial charge in [0, 0.05) is 0 Å². The van der Waals surface area contributed by atoms with Crippen LogP contribution in [0, 0.1) is 6.92 Å². The van der Waals surface area contributed by atoms with Gasteiger partial charge in [-0.2, -0.15) is 0 Å². The van der Waals surface area contributed by atoms with E-state index in [1.807, 2.05) is 0 Å². The Labute approximate surface area is 84.5 Å². The standard InChI is InChI=1S/C6H8N4OS2/c1-3-5(13-10-9-3)6(11)8-2-4(7)12/h2H2,1H3,(H2,7,12)(H,8,11). The fraction of sp³-hybridized carbons (Fsp3) is 0.333. The fourth-order valence-corrected chi connectivity index (χ4v) is 1.33. The Morgan fingerprint density at radius 2 is 2.46 bits per heavy atom. The Bertz CT molecular complexity index is 335. The molecular formula is C6H8N4OS2. The van der Waals surface area contributed by atoms with E-state index in [2.05, 4.69) is 27.1 Å². The molecule has 0 aliphatic heterocycles. The van der Waals surface area contributed by atoms with Crippen LogP contribution in [-0.2, 0) is 0 Å². The van der Waals surface area contributed by atoms with Gasteiger partial charge in [-0.1, -0.05) is 16.7 Å². The van der Waals surface area contributed by atoms with E-state index in [1.54, 1.807) is 6.92 Å². The molecule has 3 N–H and O–H groups in total. The minimum atomic E-state index is -0.236. The second kappa shape index (κ2) is 4.24. The van der Waals surface area contributed by atoms with Gasteiger partial charge in [0.2, 0.25) is 0 Å². The van der Waals surface area contributed by atoms with E-state index in [1.165, 1.54) is 0 Å². The van der Waals surface area contributed by atoms with Gasteiger partial charge < -0.3 is 11.1 Å². The predicted octanol–water partition coefficient (Wildman–Crippen LogP) is -0.138. The molecule has 70 valence electrons. The summed E-state index contributed by atoms with van der Waals surface area (Å²) in [6, 6.07) is 0. The van der Waals surface area contributed by atoms with Gasteiger partial charge in [-0.05, 0) is 18.5 Å². The van der Waals surface area contributed by atoms with E-state index in [0.29, 0.717) is 10.6 Å². The lowest BCUT2D eigenvalue weighted by Gasteiger charge is -2.00. The first-order chi connectivity index (χ1) is 6.11. The topological polar surface area (TPSA) is 80.9 Å². The first-order valence-electron chi connectivity index (χ1n) is 3.46. The molecule has 1 rings (SSSR count). The van der Waals surface area contributed by atoms with Gasteiger partial charge in [0.1, 0.15) is 4.88 Å². The number of carbonyl (C=O) groups is 1. The van der Waals surface area contributed by atoms with Gasteiger partial charge in [-0.3, -0.25) is 4.79 Å². The van der Waals surface area contributed by atoms with E-state index in [4.69, 9.17) is 5.73 Å². The van der Waals surface area contributed by atoms with Crippen LogP contribution in [0.2, 0.25) is 0 Å². The van der Waals surface area contributed by atoms with Crippen LogP contribution >= 0.6 is 23.8 Å². The quantitative estimate of drug-likeness (QED) is 0.687. The Kier molecular flexibility index (Phi) is 3.26. The second-order valence-electron chi connectivity index (χ2n) is 2.34. The van der Waals surface area contributed by atoms with E-state index in [0.717, 1.165) is 11.5 Å². The van der Waals surface area contributed by atoms with Crippen molar-refractivity contribution < 1.29 is 4.79 Å². The van der Waals surface area contributed by atoms with Crippen LogP contribution in [0.3, 0.4) is 0 Å². The van der Waals surface area contributed by atoms with Crippen molar-refractivity contribution in [2.24, 2.45) is 5.73 Å². The van der Waals surface area contributed by atoms with Gasteiger partial charge in [0.25, 0.3) is 5.91 Å². The molecule has 0 spiro atoms. The van der Waals surface area contributed by atoms with Crippen LogP contribution in [0.5, 0.6) is 0 Å². The van der Waals surface area contributed by atoms with Crippen molar-refractivity contribution in [2.45, 2.75) is 6.92 Å². The van der Waals surface area contributed by atoms with Crippen molar-refractivity contribution in [1.82, 2.24) is 14.9 Å². The summed E-state index contributed by atoms with van der Waals surface area (Å²) < 4.78 is 3.64. The molecule has 0 radical (unpaired) electrons. The molecule has 1 heterocycles. The number of aromatic nitrogens is 2. The van der Waals surface area contributed by atoms with Gasteiger partial charge >= 0.3 is 0 Å². The largest absolute Gasteiger partial charge is 0.392 e. The number of nitrogens with two attached hydrogens (primary N) is 1. The Balaban J connectivity index is 2.59. The second-order valence-corrected chi connectivity index (χ2v) is 3.61. The normalized spacial score (nSPS) is 9.62. The minimum absolute atomic E-state index is 0.200. The molecule has 0 unspecified atom stereocenters. The lowest BCUT2D eigenvalue weighted by Crippen LogP contribution is -2.32. The highest BCUT2D eigenvalue weighted by Gasteiger charge is 2.12. The number of nitrogens with one attached hydrogen (secondary N) is 1. The SMILES string of the molecule is Cc1nnsc1C(=O)NCC(N)=S. The minimum Gasteiger partial charge on any atom is -0.392 e. The average Bonchev–Trinajstić information content (AvgIpc) is 2.47. The monoisotopic (exact) mass is 216 g/mol. The van der Waals surface area contributed by atoms with E-state index < -0.39 is 0 Å². The van der Waals surface area contributed by atoms with E-state index >= 15 is 0 Å². The van der Waals surface area contributed by atoms with Gasteiger partial charge in [-0.15, -0.1) is 5.10 Å². The highest BCUT2D eigenvalue weighted by Crippen LogP contribution is 2.07. The number of hydrogen-bond acceptors (Lipinski definition) is 5. The third-order valence-corrected chi connectivity index (χ3v) is 2.25. The summed E-state index contributed by atoms with van der Waals surface area (Å²) >= 11 is 5.66. The molecule has 0 fully saturated rings. The third-order valence-electron chi connectivity index (χ3n) is 1.28. The zero-order valence-corrected chi connectivity index (χ0v) is 8.54. The Morgan fingerprint density at radius 3 is 2.92 bits per heavy atom. The molecule has 0 bridgehead atoms. The molecule has 0 aliphatic rings. The molecular weight excluding hydrogens is 208 g/mol. The van der Waals surface area contributed by atoms with Crippen molar-refractivity contribution in [3.63, 3.8) is 0 Å².